The van der Waals surface area contributed by atoms with Gasteiger partial charge in [-0.15, -0.1) is 21.5 Å². The minimum atomic E-state index is -0.344. The number of rotatable bonds is 5. The summed E-state index contributed by atoms with van der Waals surface area (Å²) in [6.45, 7) is 0.285. The van der Waals surface area contributed by atoms with Crippen LogP contribution in [-0.2, 0) is 6.54 Å². The maximum absolute atomic E-state index is 12.8. The van der Waals surface area contributed by atoms with Crippen molar-refractivity contribution in [3.8, 4) is 0 Å². The van der Waals surface area contributed by atoms with Crippen LogP contribution in [-0.4, -0.2) is 16.1 Å². The molecule has 3 aromatic rings. The van der Waals surface area contributed by atoms with E-state index in [1.165, 1.54) is 12.1 Å². The molecule has 0 radical (unpaired) electrons. The minimum absolute atomic E-state index is 0.227. The fourth-order valence-electron chi connectivity index (χ4n) is 1.83. The summed E-state index contributed by atoms with van der Waals surface area (Å²) in [4.78, 5) is 13.1. The summed E-state index contributed by atoms with van der Waals surface area (Å²) >= 11 is 8.89. The molecule has 8 heteroatoms. The third-order valence-electron chi connectivity index (χ3n) is 3.00. The third kappa shape index (κ3) is 4.25. The minimum Gasteiger partial charge on any atom is -0.346 e. The van der Waals surface area contributed by atoms with Crippen molar-refractivity contribution in [2.75, 3.05) is 0 Å². The highest BCUT2D eigenvalue weighted by Crippen LogP contribution is 2.26. The molecule has 0 aliphatic carbocycles. The molecule has 122 valence electrons. The first-order valence-corrected chi connectivity index (χ1v) is 8.96. The van der Waals surface area contributed by atoms with Gasteiger partial charge in [-0.25, -0.2) is 4.39 Å². The average Bonchev–Trinajstić information content (AvgIpc) is 3.25. The second-order valence-electron chi connectivity index (χ2n) is 4.73. The van der Waals surface area contributed by atoms with Gasteiger partial charge in [-0.1, -0.05) is 41.1 Å². The first-order valence-electron chi connectivity index (χ1n) is 6.89. The number of nitrogens with zero attached hydrogens (tertiary/aromatic N) is 2. The summed E-state index contributed by atoms with van der Waals surface area (Å²) in [6.07, 6.45) is 1.78. The molecule has 0 atom stereocenters. The Hall–Kier alpha value is -2.09. The number of benzene rings is 1. The van der Waals surface area contributed by atoms with Crippen molar-refractivity contribution in [2.45, 2.75) is 6.54 Å². The van der Waals surface area contributed by atoms with Crippen LogP contribution in [0.3, 0.4) is 0 Å². The average molecular weight is 380 g/mol. The van der Waals surface area contributed by atoms with Crippen LogP contribution < -0.4 is 5.32 Å². The van der Waals surface area contributed by atoms with Crippen molar-refractivity contribution in [3.63, 3.8) is 0 Å². The number of aromatic nitrogens is 2. The summed E-state index contributed by atoms with van der Waals surface area (Å²) in [6, 6.07) is 9.78. The first-order chi connectivity index (χ1) is 11.6. The van der Waals surface area contributed by atoms with Gasteiger partial charge >= 0.3 is 0 Å². The molecule has 4 nitrogen and oxygen atoms in total. The topological polar surface area (TPSA) is 54.9 Å². The maximum atomic E-state index is 12.8. The maximum Gasteiger partial charge on any atom is 0.282 e. The number of carbonyl (C=O) groups excluding carboxylic acids is 1. The zero-order chi connectivity index (χ0) is 16.9. The van der Waals surface area contributed by atoms with E-state index in [1.807, 2.05) is 17.5 Å². The van der Waals surface area contributed by atoms with Crippen molar-refractivity contribution >= 4 is 51.3 Å². The highest BCUT2D eigenvalue weighted by molar-refractivity contribution is 7.15. The predicted molar refractivity (Wildman–Crippen MR) is 95.5 cm³/mol. The highest BCUT2D eigenvalue weighted by atomic mass is 35.5. The van der Waals surface area contributed by atoms with Crippen LogP contribution in [0, 0.1) is 5.82 Å². The predicted octanol–water partition coefficient (Wildman–Crippen LogP) is 4.41. The largest absolute Gasteiger partial charge is 0.346 e. The van der Waals surface area contributed by atoms with Gasteiger partial charge in [0.15, 0.2) is 5.01 Å². The van der Waals surface area contributed by atoms with Crippen LogP contribution in [0.15, 0.2) is 41.8 Å². The molecule has 0 saturated heterocycles. The summed E-state index contributed by atoms with van der Waals surface area (Å²) in [5, 5.41) is 13.6. The van der Waals surface area contributed by atoms with E-state index in [9.17, 15) is 9.18 Å². The van der Waals surface area contributed by atoms with E-state index in [2.05, 4.69) is 15.5 Å². The molecule has 1 amide bonds. The Morgan fingerprint density at radius 3 is 2.67 bits per heavy atom. The zero-order valence-electron chi connectivity index (χ0n) is 12.2. The van der Waals surface area contributed by atoms with Gasteiger partial charge in [0.25, 0.3) is 5.91 Å². The fourth-order valence-corrected chi connectivity index (χ4v) is 3.49. The number of amides is 1. The van der Waals surface area contributed by atoms with Crippen molar-refractivity contribution < 1.29 is 9.18 Å². The zero-order valence-corrected chi connectivity index (χ0v) is 14.6. The quantitative estimate of drug-likeness (QED) is 0.714. The molecule has 0 fully saturated rings. The molecule has 0 unspecified atom stereocenters. The second kappa shape index (κ2) is 7.65. The molecule has 0 aliphatic rings. The standard InChI is InChI=1S/C16H11ClFN3OS2/c17-13(8-12-2-1-7-23-12)15-20-21-16(24-15)14(22)19-9-10-3-5-11(18)6-4-10/h1-8H,9H2,(H,19,22). The molecule has 2 heterocycles. The van der Waals surface area contributed by atoms with Gasteiger partial charge < -0.3 is 5.32 Å². The van der Waals surface area contributed by atoms with Crippen molar-refractivity contribution in [2.24, 2.45) is 0 Å². The van der Waals surface area contributed by atoms with Gasteiger partial charge in [-0.05, 0) is 35.2 Å². The molecule has 0 saturated carbocycles. The van der Waals surface area contributed by atoms with Gasteiger partial charge in [0.1, 0.15) is 5.82 Å². The lowest BCUT2D eigenvalue weighted by Crippen LogP contribution is -2.22. The molecule has 2 aromatic heterocycles. The molecule has 3 rings (SSSR count). The monoisotopic (exact) mass is 379 g/mol. The van der Waals surface area contributed by atoms with E-state index < -0.39 is 0 Å². The Balaban J connectivity index is 1.64. The lowest BCUT2D eigenvalue weighted by Gasteiger charge is -2.02. The summed E-state index contributed by atoms with van der Waals surface area (Å²) in [7, 11) is 0. The van der Waals surface area contributed by atoms with Crippen LogP contribution in [0.4, 0.5) is 4.39 Å². The Bertz CT molecular complexity index is 860. The molecule has 0 aliphatic heterocycles. The third-order valence-corrected chi connectivity index (χ3v) is 5.18. The van der Waals surface area contributed by atoms with E-state index in [0.29, 0.717) is 10.0 Å². The molecule has 1 N–H and O–H groups in total. The van der Waals surface area contributed by atoms with Gasteiger partial charge in [0, 0.05) is 11.4 Å². The summed E-state index contributed by atoms with van der Waals surface area (Å²) in [5.41, 5.74) is 0.796. The number of halogens is 2. The van der Waals surface area contributed by atoms with Gasteiger partial charge in [-0.2, -0.15) is 0 Å². The summed E-state index contributed by atoms with van der Waals surface area (Å²) in [5.74, 6) is -0.658. The van der Waals surface area contributed by atoms with Crippen LogP contribution in [0.1, 0.15) is 25.3 Å². The van der Waals surface area contributed by atoms with E-state index >= 15 is 0 Å². The number of hydrogen-bond acceptors (Lipinski definition) is 5. The van der Waals surface area contributed by atoms with Crippen molar-refractivity contribution in [3.05, 3.63) is 68.1 Å². The summed E-state index contributed by atoms with van der Waals surface area (Å²) < 4.78 is 12.8. The lowest BCUT2D eigenvalue weighted by molar-refractivity contribution is 0.0950. The SMILES string of the molecule is O=C(NCc1ccc(F)cc1)c1nnc(C(Cl)=Cc2cccs2)s1. The van der Waals surface area contributed by atoms with E-state index in [1.54, 1.807) is 29.5 Å². The molecular formula is C16H11ClFN3OS2. The van der Waals surface area contributed by atoms with E-state index in [4.69, 9.17) is 11.6 Å². The van der Waals surface area contributed by atoms with Gasteiger partial charge in [-0.3, -0.25) is 4.79 Å². The first kappa shape index (κ1) is 16.8. The smallest absolute Gasteiger partial charge is 0.282 e. The molecule has 24 heavy (non-hydrogen) atoms. The number of carbonyl (C=O) groups is 1. The van der Waals surface area contributed by atoms with Crippen LogP contribution in [0.5, 0.6) is 0 Å². The van der Waals surface area contributed by atoms with Gasteiger partial charge in [0.2, 0.25) is 5.01 Å². The van der Waals surface area contributed by atoms with Gasteiger partial charge in [0.05, 0.1) is 5.03 Å². The van der Waals surface area contributed by atoms with E-state index in [-0.39, 0.29) is 23.3 Å². The second-order valence-corrected chi connectivity index (χ2v) is 7.09. The number of nitrogens with one attached hydrogen (secondary N) is 1. The molecule has 0 spiro atoms. The Kier molecular flexibility index (Phi) is 5.34. The number of hydrogen-bond donors (Lipinski definition) is 1. The van der Waals surface area contributed by atoms with Crippen LogP contribution in [0.2, 0.25) is 0 Å². The van der Waals surface area contributed by atoms with E-state index in [0.717, 1.165) is 21.8 Å². The fraction of sp³-hybridized carbons (Fsp3) is 0.0625. The normalized spacial score (nSPS) is 11.5. The lowest BCUT2D eigenvalue weighted by atomic mass is 10.2. The highest BCUT2D eigenvalue weighted by Gasteiger charge is 2.14. The van der Waals surface area contributed by atoms with Crippen molar-refractivity contribution in [1.82, 2.24) is 15.5 Å². The molecule has 1 aromatic carbocycles. The Labute approximate surface area is 150 Å². The Morgan fingerprint density at radius 1 is 1.21 bits per heavy atom. The Morgan fingerprint density at radius 2 is 1.96 bits per heavy atom. The van der Waals surface area contributed by atoms with Crippen molar-refractivity contribution in [1.29, 1.82) is 0 Å². The molecule has 0 bridgehead atoms. The molecular weight excluding hydrogens is 369 g/mol. The van der Waals surface area contributed by atoms with Crippen LogP contribution >= 0.6 is 34.3 Å². The number of thiophene rings is 1. The van der Waals surface area contributed by atoms with Crippen LogP contribution in [0.25, 0.3) is 11.1 Å².